The lowest BCUT2D eigenvalue weighted by Gasteiger charge is -2.42. The average molecular weight is 630 g/mol. The molecule has 4 atom stereocenters. The van der Waals surface area contributed by atoms with Gasteiger partial charge in [-0.05, 0) is 56.0 Å². The van der Waals surface area contributed by atoms with Crippen LogP contribution in [0.4, 0.5) is 5.69 Å². The van der Waals surface area contributed by atoms with Crippen molar-refractivity contribution >= 4 is 34.9 Å². The SMILES string of the molecule is COc1cc(O)cc(OC)c1[C@H]1C2=CC[C@@H]3C(=O)N(c4ccc(C(=O)c5ccccc5)cc4)C(=O)[C@@H]3[C@@H]2CC2=C1C(=O)C=C(C)C2=O. The van der Waals surface area contributed by atoms with E-state index in [9.17, 15) is 29.1 Å². The number of ether oxygens (including phenoxy) is 2. The number of Topliss-reactive ketones (excluding diaryl/α,β-unsaturated/α-hetero) is 1. The number of carbonyl (C=O) groups is 5. The van der Waals surface area contributed by atoms with Gasteiger partial charge in [0.25, 0.3) is 0 Å². The van der Waals surface area contributed by atoms with E-state index in [1.54, 1.807) is 55.5 Å². The first-order chi connectivity index (χ1) is 22.6. The number of rotatable bonds is 6. The van der Waals surface area contributed by atoms with Crippen molar-refractivity contribution in [3.8, 4) is 17.2 Å². The highest BCUT2D eigenvalue weighted by molar-refractivity contribution is 6.25. The topological polar surface area (TPSA) is 127 Å². The molecule has 0 unspecified atom stereocenters. The van der Waals surface area contributed by atoms with E-state index in [0.29, 0.717) is 33.5 Å². The van der Waals surface area contributed by atoms with Crippen LogP contribution >= 0.6 is 0 Å². The van der Waals surface area contributed by atoms with Crippen LogP contribution in [0, 0.1) is 17.8 Å². The Morgan fingerprint density at radius 3 is 2.13 bits per heavy atom. The summed E-state index contributed by atoms with van der Waals surface area (Å²) in [6.07, 6.45) is 3.61. The quantitative estimate of drug-likeness (QED) is 0.169. The molecule has 236 valence electrons. The van der Waals surface area contributed by atoms with E-state index in [4.69, 9.17) is 9.47 Å². The zero-order chi connectivity index (χ0) is 33.1. The van der Waals surface area contributed by atoms with Crippen molar-refractivity contribution in [2.45, 2.75) is 25.7 Å². The lowest BCUT2D eigenvalue weighted by atomic mass is 9.59. The zero-order valence-corrected chi connectivity index (χ0v) is 26.0. The summed E-state index contributed by atoms with van der Waals surface area (Å²) in [6.45, 7) is 1.59. The van der Waals surface area contributed by atoms with Crippen molar-refractivity contribution in [1.29, 1.82) is 0 Å². The zero-order valence-electron chi connectivity index (χ0n) is 26.0. The third kappa shape index (κ3) is 4.64. The Morgan fingerprint density at radius 2 is 1.49 bits per heavy atom. The molecule has 1 saturated heterocycles. The van der Waals surface area contributed by atoms with Crippen LogP contribution in [0.25, 0.3) is 0 Å². The lowest BCUT2D eigenvalue weighted by Crippen LogP contribution is -2.40. The van der Waals surface area contributed by atoms with Gasteiger partial charge in [0.15, 0.2) is 17.3 Å². The van der Waals surface area contributed by atoms with Crippen molar-refractivity contribution in [1.82, 2.24) is 0 Å². The average Bonchev–Trinajstić information content (AvgIpc) is 3.35. The number of amides is 2. The minimum atomic E-state index is -0.809. The lowest BCUT2D eigenvalue weighted by molar-refractivity contribution is -0.123. The Kier molecular flexibility index (Phi) is 7.27. The number of phenolic OH excluding ortho intramolecular Hbond substituents is 1. The fraction of sp³-hybridized carbons (Fsp3) is 0.237. The molecule has 0 aromatic heterocycles. The molecule has 9 nitrogen and oxygen atoms in total. The van der Waals surface area contributed by atoms with Gasteiger partial charge in [-0.25, -0.2) is 0 Å². The fourth-order valence-corrected chi connectivity index (χ4v) is 7.70. The monoisotopic (exact) mass is 629 g/mol. The van der Waals surface area contributed by atoms with Crippen molar-refractivity contribution < 1.29 is 38.6 Å². The Bertz CT molecular complexity index is 1960. The number of benzene rings is 3. The third-order valence-corrected chi connectivity index (χ3v) is 9.80. The van der Waals surface area contributed by atoms with E-state index in [1.165, 1.54) is 37.3 Å². The number of methoxy groups -OCH3 is 2. The second-order valence-corrected chi connectivity index (χ2v) is 12.2. The Hall–Kier alpha value is -5.57. The summed E-state index contributed by atoms with van der Waals surface area (Å²) < 4.78 is 11.3. The van der Waals surface area contributed by atoms with Gasteiger partial charge in [-0.15, -0.1) is 0 Å². The molecule has 4 aliphatic rings. The second-order valence-electron chi connectivity index (χ2n) is 12.2. The van der Waals surface area contributed by atoms with Gasteiger partial charge < -0.3 is 14.6 Å². The number of hydrogen-bond acceptors (Lipinski definition) is 8. The van der Waals surface area contributed by atoms with Crippen LogP contribution < -0.4 is 14.4 Å². The van der Waals surface area contributed by atoms with Gasteiger partial charge in [-0.1, -0.05) is 42.0 Å². The molecule has 0 saturated carbocycles. The number of nitrogens with zero attached hydrogens (tertiary/aromatic N) is 1. The van der Waals surface area contributed by atoms with Crippen molar-refractivity contribution in [3.63, 3.8) is 0 Å². The predicted molar refractivity (Wildman–Crippen MR) is 171 cm³/mol. The smallest absolute Gasteiger partial charge is 0.238 e. The fourth-order valence-electron chi connectivity index (χ4n) is 7.70. The van der Waals surface area contributed by atoms with Gasteiger partial charge in [0.2, 0.25) is 11.8 Å². The van der Waals surface area contributed by atoms with E-state index in [-0.39, 0.29) is 58.9 Å². The van der Waals surface area contributed by atoms with Gasteiger partial charge in [0.1, 0.15) is 17.2 Å². The molecule has 3 aromatic rings. The molecule has 1 fully saturated rings. The maximum Gasteiger partial charge on any atom is 0.238 e. The summed E-state index contributed by atoms with van der Waals surface area (Å²) in [6, 6.07) is 18.1. The second kappa shape index (κ2) is 11.3. The van der Waals surface area contributed by atoms with Crippen LogP contribution in [0.2, 0.25) is 0 Å². The van der Waals surface area contributed by atoms with Gasteiger partial charge in [0.05, 0.1) is 31.7 Å². The minimum Gasteiger partial charge on any atom is -0.508 e. The molecule has 2 amide bonds. The number of carbonyl (C=O) groups excluding carboxylic acids is 5. The standard InChI is InChI=1S/C38H31NO8/c1-19-15-28(41)32-27(35(19)42)18-26-24(33(32)34-29(46-2)16-23(40)17-30(34)47-3)13-14-25-31(26)38(45)39(37(25)44)22-11-9-21(10-12-22)36(43)20-7-5-4-6-8-20/h4-13,15-17,25-26,31,33,40H,14,18H2,1-3H3/t25-,26+,31-,33-/m0/s1. The van der Waals surface area contributed by atoms with E-state index in [1.807, 2.05) is 12.1 Å². The van der Waals surface area contributed by atoms with Gasteiger partial charge in [-0.2, -0.15) is 0 Å². The maximum absolute atomic E-state index is 14.3. The predicted octanol–water partition coefficient (Wildman–Crippen LogP) is 5.27. The third-order valence-electron chi connectivity index (χ3n) is 9.80. The number of aromatic hydroxyl groups is 1. The molecular weight excluding hydrogens is 598 g/mol. The van der Waals surface area contributed by atoms with Crippen molar-refractivity contribution in [2.24, 2.45) is 17.8 Å². The summed E-state index contributed by atoms with van der Waals surface area (Å²) in [5.74, 6) is -3.94. The van der Waals surface area contributed by atoms with Crippen molar-refractivity contribution in [3.05, 3.63) is 118 Å². The highest BCUT2D eigenvalue weighted by atomic mass is 16.5. The molecule has 9 heteroatoms. The van der Waals surface area contributed by atoms with Crippen molar-refractivity contribution in [2.75, 3.05) is 19.1 Å². The summed E-state index contributed by atoms with van der Waals surface area (Å²) in [4.78, 5) is 69.7. The number of imide groups is 1. The highest BCUT2D eigenvalue weighted by Crippen LogP contribution is 2.58. The van der Waals surface area contributed by atoms with Gasteiger partial charge >= 0.3 is 0 Å². The van der Waals surface area contributed by atoms with Crippen LogP contribution in [-0.2, 0) is 19.2 Å². The molecule has 3 aliphatic carbocycles. The number of phenols is 1. The van der Waals surface area contributed by atoms with Crippen LogP contribution in [0.5, 0.6) is 17.2 Å². The molecule has 0 spiro atoms. The highest BCUT2D eigenvalue weighted by Gasteiger charge is 2.57. The molecule has 7 rings (SSSR count). The normalized spacial score (nSPS) is 23.5. The molecule has 1 heterocycles. The Labute approximate surface area is 270 Å². The number of hydrogen-bond donors (Lipinski definition) is 1. The first-order valence-corrected chi connectivity index (χ1v) is 15.4. The maximum atomic E-state index is 14.3. The molecule has 3 aromatic carbocycles. The summed E-state index contributed by atoms with van der Waals surface area (Å²) in [5.41, 5.74) is 3.40. The number of fused-ring (bicyclic) bond motifs is 3. The molecule has 0 radical (unpaired) electrons. The Morgan fingerprint density at radius 1 is 0.851 bits per heavy atom. The van der Waals surface area contributed by atoms with E-state index in [0.717, 1.165) is 5.57 Å². The van der Waals surface area contributed by atoms with Crippen LogP contribution in [0.1, 0.15) is 47.2 Å². The van der Waals surface area contributed by atoms with E-state index >= 15 is 0 Å². The van der Waals surface area contributed by atoms with E-state index < -0.39 is 29.6 Å². The summed E-state index contributed by atoms with van der Waals surface area (Å²) in [7, 11) is 2.87. The van der Waals surface area contributed by atoms with Gasteiger partial charge in [-0.3, -0.25) is 28.9 Å². The number of anilines is 1. The molecule has 47 heavy (non-hydrogen) atoms. The van der Waals surface area contributed by atoms with Crippen LogP contribution in [-0.4, -0.2) is 48.5 Å². The number of allylic oxidation sites excluding steroid dienone is 6. The van der Waals surface area contributed by atoms with Gasteiger partial charge in [0, 0.05) is 51.5 Å². The molecular formula is C38H31NO8. The first-order valence-electron chi connectivity index (χ1n) is 15.4. The first kappa shape index (κ1) is 30.1. The summed E-state index contributed by atoms with van der Waals surface area (Å²) in [5, 5.41) is 10.4. The number of ketones is 3. The van der Waals surface area contributed by atoms with Crippen LogP contribution in [0.15, 0.2) is 101 Å². The molecule has 1 aliphatic heterocycles. The van der Waals surface area contributed by atoms with Crippen LogP contribution in [0.3, 0.4) is 0 Å². The largest absolute Gasteiger partial charge is 0.508 e. The molecule has 1 N–H and O–H groups in total. The Balaban J connectivity index is 1.30. The minimum absolute atomic E-state index is 0.104. The molecule has 0 bridgehead atoms. The summed E-state index contributed by atoms with van der Waals surface area (Å²) >= 11 is 0. The van der Waals surface area contributed by atoms with E-state index in [2.05, 4.69) is 0 Å².